The summed E-state index contributed by atoms with van der Waals surface area (Å²) in [6.07, 6.45) is 0.570. The number of carbonyl (C=O) groups is 1. The Morgan fingerprint density at radius 2 is 2.06 bits per heavy atom. The Bertz CT molecular complexity index is 1340. The SMILES string of the molecule is CSc1nc2cc(C(N)=O)ccc2n1CC1O[C@@H](n2cnc3c(N)ncnc32)[C@H](O)[C@@H]1O. The molecule has 0 bridgehead atoms. The van der Waals surface area contributed by atoms with E-state index >= 15 is 0 Å². The summed E-state index contributed by atoms with van der Waals surface area (Å²) >= 11 is 1.41. The van der Waals surface area contributed by atoms with Crippen LogP contribution in [0.25, 0.3) is 22.2 Å². The van der Waals surface area contributed by atoms with E-state index in [1.807, 2.05) is 10.8 Å². The number of amides is 1. The van der Waals surface area contributed by atoms with Crippen molar-refractivity contribution in [2.45, 2.75) is 36.2 Å². The van der Waals surface area contributed by atoms with Crippen LogP contribution in [0.15, 0.2) is 36.0 Å². The van der Waals surface area contributed by atoms with Gasteiger partial charge in [0.2, 0.25) is 5.91 Å². The third kappa shape index (κ3) is 3.17. The molecule has 32 heavy (non-hydrogen) atoms. The molecule has 4 aromatic rings. The average molecular weight is 456 g/mol. The number of hydrogen-bond acceptors (Lipinski definition) is 10. The summed E-state index contributed by atoms with van der Waals surface area (Å²) < 4.78 is 9.46. The van der Waals surface area contributed by atoms with Gasteiger partial charge in [-0.1, -0.05) is 11.8 Å². The predicted molar refractivity (Wildman–Crippen MR) is 116 cm³/mol. The topological polar surface area (TPSA) is 180 Å². The molecule has 1 unspecified atom stereocenters. The molecule has 4 atom stereocenters. The number of primary amides is 1. The van der Waals surface area contributed by atoms with Gasteiger partial charge in [-0.3, -0.25) is 9.36 Å². The molecule has 4 heterocycles. The van der Waals surface area contributed by atoms with E-state index in [9.17, 15) is 15.0 Å². The number of carbonyl (C=O) groups excluding carboxylic acids is 1. The zero-order valence-electron chi connectivity index (χ0n) is 16.9. The quantitative estimate of drug-likeness (QED) is 0.296. The maximum Gasteiger partial charge on any atom is 0.248 e. The van der Waals surface area contributed by atoms with E-state index in [0.717, 1.165) is 5.52 Å². The van der Waals surface area contributed by atoms with Gasteiger partial charge in [0.15, 0.2) is 22.8 Å². The molecular weight excluding hydrogens is 436 g/mol. The Morgan fingerprint density at radius 1 is 1.25 bits per heavy atom. The highest BCUT2D eigenvalue weighted by Crippen LogP contribution is 2.34. The third-order valence-electron chi connectivity index (χ3n) is 5.54. The van der Waals surface area contributed by atoms with Crippen LogP contribution in [0, 0.1) is 0 Å². The Balaban J connectivity index is 1.48. The van der Waals surface area contributed by atoms with Crippen LogP contribution in [0.2, 0.25) is 0 Å². The number of hydrogen-bond donors (Lipinski definition) is 4. The van der Waals surface area contributed by atoms with Gasteiger partial charge in [-0.15, -0.1) is 0 Å². The fraction of sp³-hybridized carbons (Fsp3) is 0.316. The molecular formula is C19H20N8O4S. The van der Waals surface area contributed by atoms with Crippen molar-refractivity contribution in [3.8, 4) is 0 Å². The molecule has 1 aliphatic heterocycles. The smallest absolute Gasteiger partial charge is 0.248 e. The highest BCUT2D eigenvalue weighted by Gasteiger charge is 2.44. The first kappa shape index (κ1) is 20.6. The Hall–Kier alpha value is -3.26. The van der Waals surface area contributed by atoms with Crippen molar-refractivity contribution in [2.24, 2.45) is 5.73 Å². The van der Waals surface area contributed by atoms with Crippen molar-refractivity contribution in [1.29, 1.82) is 0 Å². The number of fused-ring (bicyclic) bond motifs is 2. The number of nitrogens with zero attached hydrogens (tertiary/aromatic N) is 6. The number of nitrogen functional groups attached to an aromatic ring is 1. The fourth-order valence-corrected chi connectivity index (χ4v) is 4.52. The molecule has 0 aliphatic carbocycles. The molecule has 166 valence electrons. The maximum absolute atomic E-state index is 11.5. The number of rotatable bonds is 5. The minimum Gasteiger partial charge on any atom is -0.387 e. The number of nitrogens with two attached hydrogens (primary N) is 2. The highest BCUT2D eigenvalue weighted by atomic mass is 32.2. The number of aliphatic hydroxyl groups is 2. The van der Waals surface area contributed by atoms with E-state index in [2.05, 4.69) is 19.9 Å². The average Bonchev–Trinajstić information content (AvgIpc) is 3.44. The molecule has 1 fully saturated rings. The third-order valence-corrected chi connectivity index (χ3v) is 6.22. The standard InChI is InChI=1S/C19H20N8O4S/c1-32-19-25-9-4-8(16(21)30)2-3-10(9)26(19)5-11-13(28)14(29)18(31-11)27-7-24-12-15(20)22-6-23-17(12)27/h2-4,6-7,11,13-14,18,28-29H,5H2,1H3,(H2,21,30)(H2,20,22,23)/t11?,13-,14-,18-/m1/s1. The summed E-state index contributed by atoms with van der Waals surface area (Å²) in [5.41, 5.74) is 13.7. The van der Waals surface area contributed by atoms with E-state index in [4.69, 9.17) is 16.2 Å². The van der Waals surface area contributed by atoms with Crippen LogP contribution in [0.5, 0.6) is 0 Å². The van der Waals surface area contributed by atoms with Gasteiger partial charge in [-0.25, -0.2) is 19.9 Å². The lowest BCUT2D eigenvalue weighted by Crippen LogP contribution is -2.33. The van der Waals surface area contributed by atoms with Crippen molar-refractivity contribution in [3.05, 3.63) is 36.4 Å². The molecule has 1 saturated heterocycles. The van der Waals surface area contributed by atoms with E-state index < -0.39 is 30.4 Å². The number of thioether (sulfide) groups is 1. The lowest BCUT2D eigenvalue weighted by molar-refractivity contribution is -0.0396. The minimum absolute atomic E-state index is 0.211. The highest BCUT2D eigenvalue weighted by molar-refractivity contribution is 7.98. The summed E-state index contributed by atoms with van der Waals surface area (Å²) in [7, 11) is 0. The van der Waals surface area contributed by atoms with Gasteiger partial charge in [-0.05, 0) is 24.5 Å². The van der Waals surface area contributed by atoms with Gasteiger partial charge in [0.25, 0.3) is 0 Å². The monoisotopic (exact) mass is 456 g/mol. The summed E-state index contributed by atoms with van der Waals surface area (Å²) in [6.45, 7) is 0.223. The summed E-state index contributed by atoms with van der Waals surface area (Å²) in [5, 5.41) is 22.1. The van der Waals surface area contributed by atoms with Crippen LogP contribution in [-0.4, -0.2) is 69.8 Å². The lowest BCUT2D eigenvalue weighted by Gasteiger charge is -2.17. The number of aromatic nitrogens is 6. The van der Waals surface area contributed by atoms with Gasteiger partial charge >= 0.3 is 0 Å². The van der Waals surface area contributed by atoms with E-state index in [0.29, 0.717) is 27.4 Å². The van der Waals surface area contributed by atoms with Gasteiger partial charge in [-0.2, -0.15) is 0 Å². The van der Waals surface area contributed by atoms with Crippen LogP contribution in [0.1, 0.15) is 16.6 Å². The lowest BCUT2D eigenvalue weighted by atomic mass is 10.1. The van der Waals surface area contributed by atoms with Crippen LogP contribution in [0.4, 0.5) is 5.82 Å². The molecule has 3 aromatic heterocycles. The van der Waals surface area contributed by atoms with Crippen LogP contribution >= 0.6 is 11.8 Å². The van der Waals surface area contributed by atoms with Crippen molar-refractivity contribution in [1.82, 2.24) is 29.1 Å². The van der Waals surface area contributed by atoms with Crippen molar-refractivity contribution >= 4 is 45.7 Å². The molecule has 6 N–H and O–H groups in total. The molecule has 1 amide bonds. The van der Waals surface area contributed by atoms with E-state index in [1.165, 1.54) is 29.0 Å². The number of benzene rings is 1. The van der Waals surface area contributed by atoms with Crippen molar-refractivity contribution < 1.29 is 19.7 Å². The van der Waals surface area contributed by atoms with Gasteiger partial charge in [0, 0.05) is 5.56 Å². The molecule has 0 spiro atoms. The summed E-state index contributed by atoms with van der Waals surface area (Å²) in [5.74, 6) is -0.326. The number of imidazole rings is 2. The van der Waals surface area contributed by atoms with Crippen molar-refractivity contribution in [3.63, 3.8) is 0 Å². The summed E-state index contributed by atoms with van der Waals surface area (Å²) in [6, 6.07) is 5.00. The summed E-state index contributed by atoms with van der Waals surface area (Å²) in [4.78, 5) is 28.3. The molecule has 0 radical (unpaired) electrons. The zero-order valence-corrected chi connectivity index (χ0v) is 17.7. The molecule has 5 rings (SSSR count). The largest absolute Gasteiger partial charge is 0.387 e. The van der Waals surface area contributed by atoms with Crippen LogP contribution in [-0.2, 0) is 11.3 Å². The molecule has 1 aromatic carbocycles. The first-order valence-corrected chi connectivity index (χ1v) is 10.9. The second-order valence-electron chi connectivity index (χ2n) is 7.41. The van der Waals surface area contributed by atoms with Gasteiger partial charge in [0.05, 0.1) is 23.9 Å². The number of ether oxygens (including phenoxy) is 1. The predicted octanol–water partition coefficient (Wildman–Crippen LogP) is -0.102. The van der Waals surface area contributed by atoms with E-state index in [-0.39, 0.29) is 12.4 Å². The molecule has 1 aliphatic rings. The number of anilines is 1. The Labute approximate surface area is 185 Å². The van der Waals surface area contributed by atoms with Crippen LogP contribution in [0.3, 0.4) is 0 Å². The number of aliphatic hydroxyl groups excluding tert-OH is 2. The molecule has 0 saturated carbocycles. The first-order valence-electron chi connectivity index (χ1n) is 9.67. The zero-order chi connectivity index (χ0) is 22.6. The Kier molecular flexibility index (Phi) is 4.97. The minimum atomic E-state index is -1.22. The van der Waals surface area contributed by atoms with Gasteiger partial charge in [0.1, 0.15) is 30.2 Å². The first-order chi connectivity index (χ1) is 15.4. The van der Waals surface area contributed by atoms with Crippen molar-refractivity contribution in [2.75, 3.05) is 12.0 Å². The second kappa shape index (κ2) is 7.70. The van der Waals surface area contributed by atoms with Gasteiger partial charge < -0.3 is 31.0 Å². The maximum atomic E-state index is 11.5. The fourth-order valence-electron chi connectivity index (χ4n) is 3.94. The normalized spacial score (nSPS) is 23.3. The van der Waals surface area contributed by atoms with Crippen LogP contribution < -0.4 is 11.5 Å². The molecule has 13 heteroatoms. The Morgan fingerprint density at radius 3 is 2.81 bits per heavy atom. The van der Waals surface area contributed by atoms with E-state index in [1.54, 1.807) is 18.2 Å². The second-order valence-corrected chi connectivity index (χ2v) is 8.18. The molecule has 12 nitrogen and oxygen atoms in total.